The minimum absolute atomic E-state index is 0.0120. The van der Waals surface area contributed by atoms with Crippen molar-refractivity contribution in [2.24, 2.45) is 0 Å². The molecule has 0 bridgehead atoms. The Morgan fingerprint density at radius 1 is 0.694 bits per heavy atom. The fourth-order valence-corrected chi connectivity index (χ4v) is 5.77. The molecule has 0 aliphatic heterocycles. The van der Waals surface area contributed by atoms with Crippen LogP contribution in [-0.4, -0.2) is 68.5 Å². The monoisotopic (exact) mass is 711 g/mol. The van der Waals surface area contributed by atoms with Crippen LogP contribution in [0.25, 0.3) is 0 Å². The summed E-state index contributed by atoms with van der Waals surface area (Å²) in [6.45, 7) is 4.53. The average molecular weight is 711 g/mol. The summed E-state index contributed by atoms with van der Waals surface area (Å²) >= 11 is 0. The smallest absolute Gasteiger partial charge is 0.268 e. The fraction of sp³-hybridized carbons (Fsp3) is 0.775. The average Bonchev–Trinajstić information content (AvgIpc) is 3.04. The summed E-state index contributed by atoms with van der Waals surface area (Å²) in [6, 6.07) is -0.911. The van der Waals surface area contributed by atoms with E-state index >= 15 is 0 Å². The van der Waals surface area contributed by atoms with Gasteiger partial charge in [0.1, 0.15) is 13.2 Å². The highest BCUT2D eigenvalue weighted by Gasteiger charge is 2.23. The molecule has 0 spiro atoms. The topological polar surface area (TPSA) is 108 Å². The molecule has 0 aliphatic rings. The molecule has 0 fully saturated rings. The molecular formula is C40H75N2O6P. The van der Waals surface area contributed by atoms with Gasteiger partial charge in [-0.05, 0) is 64.2 Å². The Morgan fingerprint density at radius 3 is 1.71 bits per heavy atom. The van der Waals surface area contributed by atoms with Crippen molar-refractivity contribution in [1.29, 1.82) is 0 Å². The second-order valence-corrected chi connectivity index (χ2v) is 15.7. The van der Waals surface area contributed by atoms with Gasteiger partial charge >= 0.3 is 0 Å². The van der Waals surface area contributed by atoms with Gasteiger partial charge in [0.05, 0.1) is 39.9 Å². The van der Waals surface area contributed by atoms with Gasteiger partial charge in [-0.3, -0.25) is 9.36 Å². The van der Waals surface area contributed by atoms with Gasteiger partial charge in [0.15, 0.2) is 0 Å². The summed E-state index contributed by atoms with van der Waals surface area (Å²) in [7, 11) is 1.22. The number of carbonyl (C=O) groups is 1. The van der Waals surface area contributed by atoms with E-state index in [1.54, 1.807) is 6.08 Å². The minimum Gasteiger partial charge on any atom is -0.756 e. The second-order valence-electron chi connectivity index (χ2n) is 14.3. The van der Waals surface area contributed by atoms with Gasteiger partial charge in [-0.25, -0.2) is 0 Å². The number of aliphatic hydroxyl groups excluding tert-OH is 1. The van der Waals surface area contributed by atoms with Crippen LogP contribution in [0.5, 0.6) is 0 Å². The number of aliphatic hydroxyl groups is 1. The molecule has 0 aromatic heterocycles. The van der Waals surface area contributed by atoms with Gasteiger partial charge in [0.25, 0.3) is 7.82 Å². The molecule has 0 saturated heterocycles. The van der Waals surface area contributed by atoms with Crippen molar-refractivity contribution in [3.8, 4) is 0 Å². The Labute approximate surface area is 301 Å². The predicted molar refractivity (Wildman–Crippen MR) is 205 cm³/mol. The number of allylic oxidation sites excluding steroid dienone is 7. The molecule has 0 radical (unpaired) electrons. The predicted octanol–water partition coefficient (Wildman–Crippen LogP) is 9.50. The Balaban J connectivity index is 4.63. The number of phosphoric ester groups is 1. The third kappa shape index (κ3) is 34.7. The molecule has 9 heteroatoms. The van der Waals surface area contributed by atoms with E-state index in [9.17, 15) is 19.4 Å². The fourth-order valence-electron chi connectivity index (χ4n) is 5.04. The molecule has 0 saturated carbocycles. The van der Waals surface area contributed by atoms with Crippen LogP contribution < -0.4 is 10.2 Å². The van der Waals surface area contributed by atoms with Crippen molar-refractivity contribution in [1.82, 2.24) is 5.32 Å². The molecule has 2 N–H and O–H groups in total. The molecule has 0 heterocycles. The van der Waals surface area contributed by atoms with Crippen LogP contribution >= 0.6 is 7.82 Å². The SMILES string of the molecule is CCCC/C=C\CCCCCCCC(=O)NC(COP(=O)([O-])OCC[N+](C)(C)C)C(O)/C=C/CC/C=C/CC/C=C/CCCCCCCC. The first-order chi connectivity index (χ1) is 23.5. The molecule has 3 atom stereocenters. The molecule has 0 aromatic rings. The number of hydrogen-bond donors (Lipinski definition) is 2. The number of hydrogen-bond acceptors (Lipinski definition) is 6. The third-order valence-electron chi connectivity index (χ3n) is 8.24. The lowest BCUT2D eigenvalue weighted by molar-refractivity contribution is -0.870. The molecule has 286 valence electrons. The molecule has 0 aromatic carbocycles. The molecular weight excluding hydrogens is 635 g/mol. The van der Waals surface area contributed by atoms with Crippen molar-refractivity contribution in [3.63, 3.8) is 0 Å². The number of unbranched alkanes of at least 4 members (excludes halogenated alkanes) is 15. The van der Waals surface area contributed by atoms with Crippen LogP contribution in [0.3, 0.4) is 0 Å². The zero-order valence-corrected chi connectivity index (χ0v) is 33.0. The highest BCUT2D eigenvalue weighted by atomic mass is 31.2. The van der Waals surface area contributed by atoms with E-state index < -0.39 is 26.6 Å². The van der Waals surface area contributed by atoms with Crippen LogP contribution in [0.1, 0.15) is 149 Å². The van der Waals surface area contributed by atoms with Crippen LogP contribution in [0.4, 0.5) is 0 Å². The number of phosphoric acid groups is 1. The van der Waals surface area contributed by atoms with E-state index in [1.807, 2.05) is 27.2 Å². The number of nitrogens with zero attached hydrogens (tertiary/aromatic N) is 1. The van der Waals surface area contributed by atoms with E-state index in [0.717, 1.165) is 70.6 Å². The normalized spacial score (nSPS) is 15.2. The van der Waals surface area contributed by atoms with Gasteiger partial charge < -0.3 is 28.8 Å². The quantitative estimate of drug-likeness (QED) is 0.0298. The Hall–Kier alpha value is -1.54. The van der Waals surface area contributed by atoms with Crippen molar-refractivity contribution in [3.05, 3.63) is 48.6 Å². The number of likely N-dealkylation sites (N-methyl/N-ethyl adjacent to an activating group) is 1. The lowest BCUT2D eigenvalue weighted by Gasteiger charge is -2.29. The van der Waals surface area contributed by atoms with Gasteiger partial charge in [-0.1, -0.05) is 127 Å². The largest absolute Gasteiger partial charge is 0.756 e. The third-order valence-corrected chi connectivity index (χ3v) is 9.20. The summed E-state index contributed by atoms with van der Waals surface area (Å²) in [6.07, 6.45) is 38.7. The maximum Gasteiger partial charge on any atom is 0.268 e. The lowest BCUT2D eigenvalue weighted by atomic mass is 10.1. The van der Waals surface area contributed by atoms with E-state index in [4.69, 9.17) is 9.05 Å². The van der Waals surface area contributed by atoms with Crippen molar-refractivity contribution < 1.29 is 32.9 Å². The van der Waals surface area contributed by atoms with Crippen LogP contribution in [0.2, 0.25) is 0 Å². The lowest BCUT2D eigenvalue weighted by Crippen LogP contribution is -2.45. The number of quaternary nitrogens is 1. The number of rotatable bonds is 34. The molecule has 3 unspecified atom stereocenters. The summed E-state index contributed by atoms with van der Waals surface area (Å²) in [5, 5.41) is 13.7. The number of carbonyl (C=O) groups excluding carboxylic acids is 1. The van der Waals surface area contributed by atoms with E-state index in [2.05, 4.69) is 55.6 Å². The highest BCUT2D eigenvalue weighted by Crippen LogP contribution is 2.38. The van der Waals surface area contributed by atoms with E-state index in [0.29, 0.717) is 17.4 Å². The van der Waals surface area contributed by atoms with Crippen molar-refractivity contribution >= 4 is 13.7 Å². The first-order valence-corrected chi connectivity index (χ1v) is 21.0. The summed E-state index contributed by atoms with van der Waals surface area (Å²) in [5.74, 6) is -0.226. The Morgan fingerprint density at radius 2 is 1.16 bits per heavy atom. The van der Waals surface area contributed by atoms with E-state index in [-0.39, 0.29) is 12.5 Å². The molecule has 0 rings (SSSR count). The van der Waals surface area contributed by atoms with Crippen LogP contribution in [0, 0.1) is 0 Å². The maximum atomic E-state index is 12.7. The minimum atomic E-state index is -4.59. The zero-order chi connectivity index (χ0) is 36.5. The zero-order valence-electron chi connectivity index (χ0n) is 32.1. The summed E-state index contributed by atoms with van der Waals surface area (Å²) in [4.78, 5) is 25.1. The molecule has 8 nitrogen and oxygen atoms in total. The van der Waals surface area contributed by atoms with Crippen LogP contribution in [0.15, 0.2) is 48.6 Å². The van der Waals surface area contributed by atoms with Crippen molar-refractivity contribution in [2.45, 2.75) is 161 Å². The Bertz CT molecular complexity index is 944. The first-order valence-electron chi connectivity index (χ1n) is 19.5. The number of amides is 1. The van der Waals surface area contributed by atoms with Gasteiger partial charge in [0, 0.05) is 6.42 Å². The molecule has 0 aliphatic carbocycles. The first kappa shape index (κ1) is 47.5. The highest BCUT2D eigenvalue weighted by molar-refractivity contribution is 7.45. The van der Waals surface area contributed by atoms with Gasteiger partial charge in [-0.2, -0.15) is 0 Å². The summed E-state index contributed by atoms with van der Waals surface area (Å²) < 4.78 is 23.0. The molecule has 49 heavy (non-hydrogen) atoms. The van der Waals surface area contributed by atoms with Gasteiger partial charge in [-0.15, -0.1) is 0 Å². The van der Waals surface area contributed by atoms with E-state index in [1.165, 1.54) is 57.8 Å². The standard InChI is InChI=1S/C40H75N2O6P/c1-6-8-10-12-14-16-18-19-20-21-22-24-25-27-29-31-33-39(43)38(37-48-49(45,46)47-36-35-42(3,4)5)41-40(44)34-32-30-28-26-23-17-15-13-11-9-7-2/h13,15,19-20,24-25,31,33,38-39,43H,6-12,14,16-18,21-23,26-30,32,34-37H2,1-5H3,(H-,41,44,45,46)/b15-13-,20-19+,25-24+,33-31+. The molecule has 1 amide bonds. The maximum absolute atomic E-state index is 12.7. The second kappa shape index (κ2) is 32.4. The Kier molecular flexibility index (Phi) is 31.4. The summed E-state index contributed by atoms with van der Waals surface area (Å²) in [5.41, 5.74) is 0. The van der Waals surface area contributed by atoms with Crippen LogP contribution in [-0.2, 0) is 18.4 Å². The number of nitrogens with one attached hydrogen (secondary N) is 1. The van der Waals surface area contributed by atoms with Crippen molar-refractivity contribution in [2.75, 3.05) is 40.9 Å². The van der Waals surface area contributed by atoms with Gasteiger partial charge in [0.2, 0.25) is 5.91 Å².